The summed E-state index contributed by atoms with van der Waals surface area (Å²) in [6, 6.07) is 9.74. The molecule has 3 N–H and O–H groups in total. The summed E-state index contributed by atoms with van der Waals surface area (Å²) >= 11 is 0. The zero-order valence-corrected chi connectivity index (χ0v) is 21.8. The number of anilines is 1. The minimum absolute atomic E-state index is 0.0191. The van der Waals surface area contributed by atoms with E-state index < -0.39 is 12.0 Å². The van der Waals surface area contributed by atoms with E-state index in [9.17, 15) is 18.0 Å². The smallest absolute Gasteiger partial charge is 0.449 e. The van der Waals surface area contributed by atoms with E-state index in [1.807, 2.05) is 48.5 Å². The third kappa shape index (κ3) is 4.95. The van der Waals surface area contributed by atoms with Gasteiger partial charge < -0.3 is 24.4 Å². The second-order valence-corrected chi connectivity index (χ2v) is 10.6. The molecule has 0 bridgehead atoms. The average molecular weight is 555 g/mol. The van der Waals surface area contributed by atoms with E-state index in [1.54, 1.807) is 0 Å². The van der Waals surface area contributed by atoms with Crippen molar-refractivity contribution in [3.63, 3.8) is 0 Å². The van der Waals surface area contributed by atoms with Gasteiger partial charge >= 0.3 is 6.18 Å². The molecule has 1 amide bonds. The topological polar surface area (TPSA) is 123 Å². The average Bonchev–Trinajstić information content (AvgIpc) is 3.52. The first-order chi connectivity index (χ1) is 19.1. The van der Waals surface area contributed by atoms with E-state index in [0.717, 1.165) is 35.1 Å². The van der Waals surface area contributed by atoms with E-state index in [2.05, 4.69) is 14.9 Å². The molecule has 13 heteroatoms. The van der Waals surface area contributed by atoms with Crippen molar-refractivity contribution in [1.82, 2.24) is 24.8 Å². The van der Waals surface area contributed by atoms with Crippen molar-refractivity contribution in [3.05, 3.63) is 36.7 Å². The number of amides is 1. The van der Waals surface area contributed by atoms with Gasteiger partial charge in [-0.1, -0.05) is 12.1 Å². The molecule has 4 heterocycles. The largest absolute Gasteiger partial charge is 0.473 e. The molecule has 2 aliphatic heterocycles. The molecule has 1 aromatic carbocycles. The number of nitrogens with one attached hydrogen (secondary N) is 3. The number of ether oxygens (including phenoxy) is 1. The third-order valence-corrected chi connectivity index (χ3v) is 7.76. The summed E-state index contributed by atoms with van der Waals surface area (Å²) in [5, 5.41) is 18.3. The van der Waals surface area contributed by atoms with Gasteiger partial charge in [-0.25, -0.2) is 9.97 Å². The lowest BCUT2D eigenvalue weighted by Crippen LogP contribution is -2.55. The lowest BCUT2D eigenvalue weighted by atomic mass is 10.0. The van der Waals surface area contributed by atoms with Crippen LogP contribution in [0, 0.1) is 16.7 Å². The van der Waals surface area contributed by atoms with E-state index in [4.69, 9.17) is 20.5 Å². The van der Waals surface area contributed by atoms with Crippen LogP contribution in [0.2, 0.25) is 0 Å². The number of fused-ring (bicyclic) bond motifs is 1. The van der Waals surface area contributed by atoms with Crippen LogP contribution in [0.5, 0.6) is 5.88 Å². The van der Waals surface area contributed by atoms with Gasteiger partial charge in [-0.2, -0.15) is 13.2 Å². The van der Waals surface area contributed by atoms with Gasteiger partial charge in [-0.15, -0.1) is 0 Å². The molecule has 3 aliphatic rings. The van der Waals surface area contributed by atoms with Crippen molar-refractivity contribution < 1.29 is 22.7 Å². The standard InChI is InChI=1S/C27H29F3N8O2/c1-15(17-10-23(39)33-12-17)40-25-24-21(34-14-38(24)19-6-7-19)11-20(35-25)16-2-4-18(5-3-16)36-8-9-37(22(31)13-36)26(32)27(28,29)30/h2-5,11,14-15,17,19,31-32H,6-10,12-13H2,1H3,(H,33,39)/t15-,17-/m1/s1. The zero-order chi connectivity index (χ0) is 28.2. The molecule has 210 valence electrons. The van der Waals surface area contributed by atoms with Crippen LogP contribution < -0.4 is 15.0 Å². The maximum atomic E-state index is 13.0. The van der Waals surface area contributed by atoms with Gasteiger partial charge in [0.15, 0.2) is 0 Å². The van der Waals surface area contributed by atoms with Crippen LogP contribution in [0.25, 0.3) is 22.3 Å². The Hall–Kier alpha value is -4.16. The second-order valence-electron chi connectivity index (χ2n) is 10.6. The van der Waals surface area contributed by atoms with Crippen molar-refractivity contribution >= 4 is 34.3 Å². The number of benzene rings is 1. The lowest BCUT2D eigenvalue weighted by molar-refractivity contribution is -0.119. The normalized spacial score (nSPS) is 20.6. The number of hydrogen-bond donors (Lipinski definition) is 3. The van der Waals surface area contributed by atoms with Crippen LogP contribution in [-0.2, 0) is 4.79 Å². The molecule has 0 spiro atoms. The molecule has 6 rings (SSSR count). The molecule has 1 saturated carbocycles. The Kier molecular flexibility index (Phi) is 6.38. The molecule has 3 fully saturated rings. The Labute approximate surface area is 228 Å². The number of halogens is 3. The van der Waals surface area contributed by atoms with Crippen molar-refractivity contribution in [2.75, 3.05) is 31.1 Å². The predicted molar refractivity (Wildman–Crippen MR) is 143 cm³/mol. The van der Waals surface area contributed by atoms with Gasteiger partial charge in [0, 0.05) is 49.3 Å². The maximum absolute atomic E-state index is 13.0. The number of carbonyl (C=O) groups excluding carboxylic acids is 1. The Morgan fingerprint density at radius 2 is 1.95 bits per heavy atom. The molecule has 40 heavy (non-hydrogen) atoms. The van der Waals surface area contributed by atoms with Crippen molar-refractivity contribution in [3.8, 4) is 17.1 Å². The van der Waals surface area contributed by atoms with Gasteiger partial charge in [0.1, 0.15) is 17.5 Å². The van der Waals surface area contributed by atoms with Gasteiger partial charge in [0.2, 0.25) is 17.6 Å². The first-order valence-corrected chi connectivity index (χ1v) is 13.3. The first-order valence-electron chi connectivity index (χ1n) is 13.3. The van der Waals surface area contributed by atoms with Gasteiger partial charge in [0.05, 0.1) is 24.1 Å². The summed E-state index contributed by atoms with van der Waals surface area (Å²) < 4.78 is 47.4. The number of alkyl halides is 3. The van der Waals surface area contributed by atoms with Crippen molar-refractivity contribution in [2.45, 2.75) is 44.5 Å². The molecule has 0 unspecified atom stereocenters. The zero-order valence-electron chi connectivity index (χ0n) is 21.8. The summed E-state index contributed by atoms with van der Waals surface area (Å²) in [4.78, 5) is 23.8. The molecule has 2 atom stereocenters. The number of aromatic nitrogens is 3. The number of amidine groups is 2. The fourth-order valence-electron chi connectivity index (χ4n) is 5.28. The summed E-state index contributed by atoms with van der Waals surface area (Å²) in [7, 11) is 0. The number of imidazole rings is 1. The highest BCUT2D eigenvalue weighted by molar-refractivity contribution is 6.03. The number of carbonyl (C=O) groups is 1. The fourth-order valence-corrected chi connectivity index (χ4v) is 5.28. The highest BCUT2D eigenvalue weighted by Crippen LogP contribution is 2.40. The molecule has 10 nitrogen and oxygen atoms in total. The van der Waals surface area contributed by atoms with Crippen LogP contribution in [-0.4, -0.2) is 75.5 Å². The molecule has 3 aromatic rings. The molecule has 0 radical (unpaired) electrons. The maximum Gasteiger partial charge on any atom is 0.449 e. The lowest BCUT2D eigenvalue weighted by Gasteiger charge is -2.37. The van der Waals surface area contributed by atoms with Crippen molar-refractivity contribution in [2.24, 2.45) is 5.92 Å². The van der Waals surface area contributed by atoms with Gasteiger partial charge in [0.25, 0.3) is 0 Å². The van der Waals surface area contributed by atoms with Crippen LogP contribution in [0.1, 0.15) is 32.2 Å². The number of pyridine rings is 1. The number of piperazine rings is 1. The van der Waals surface area contributed by atoms with E-state index in [1.165, 1.54) is 0 Å². The Bertz CT molecular complexity index is 1480. The molecular weight excluding hydrogens is 525 g/mol. The van der Waals surface area contributed by atoms with Crippen molar-refractivity contribution in [1.29, 1.82) is 10.8 Å². The SMILES string of the molecule is C[C@@H](Oc1nc(-c2ccc(N3CCN(C(=N)C(F)(F)F)C(=N)C3)cc2)cc2ncn(C3CC3)c12)[C@H]1CNC(=O)C1. The van der Waals surface area contributed by atoms with E-state index in [-0.39, 0.29) is 43.4 Å². The van der Waals surface area contributed by atoms with Gasteiger partial charge in [-0.3, -0.25) is 15.6 Å². The third-order valence-electron chi connectivity index (χ3n) is 7.76. The highest BCUT2D eigenvalue weighted by atomic mass is 19.4. The minimum atomic E-state index is -4.79. The molecule has 2 saturated heterocycles. The Morgan fingerprint density at radius 1 is 1.20 bits per heavy atom. The van der Waals surface area contributed by atoms with Crippen LogP contribution in [0.4, 0.5) is 18.9 Å². The summed E-state index contributed by atoms with van der Waals surface area (Å²) in [5.41, 5.74) is 3.84. The van der Waals surface area contributed by atoms with Crippen LogP contribution >= 0.6 is 0 Å². The summed E-state index contributed by atoms with van der Waals surface area (Å²) in [6.45, 7) is 2.63. The second kappa shape index (κ2) is 9.79. The monoisotopic (exact) mass is 554 g/mol. The molecule has 1 aliphatic carbocycles. The summed E-state index contributed by atoms with van der Waals surface area (Å²) in [5.74, 6) is -1.24. The fraction of sp³-hybridized carbons (Fsp3) is 0.444. The first kappa shape index (κ1) is 26.1. The number of hydrogen-bond acceptors (Lipinski definition) is 7. The quantitative estimate of drug-likeness (QED) is 0.313. The van der Waals surface area contributed by atoms with E-state index in [0.29, 0.717) is 35.5 Å². The predicted octanol–water partition coefficient (Wildman–Crippen LogP) is 3.98. The summed E-state index contributed by atoms with van der Waals surface area (Å²) in [6.07, 6.45) is -0.632. The minimum Gasteiger partial charge on any atom is -0.473 e. The van der Waals surface area contributed by atoms with Crippen LogP contribution in [0.15, 0.2) is 36.7 Å². The Balaban J connectivity index is 1.24. The van der Waals surface area contributed by atoms with Gasteiger partial charge in [-0.05, 0) is 38.0 Å². The molecular formula is C27H29F3N8O2. The highest BCUT2D eigenvalue weighted by Gasteiger charge is 2.41. The molecule has 2 aromatic heterocycles. The Morgan fingerprint density at radius 3 is 2.58 bits per heavy atom. The van der Waals surface area contributed by atoms with Crippen LogP contribution in [0.3, 0.4) is 0 Å². The van der Waals surface area contributed by atoms with E-state index >= 15 is 0 Å². The number of nitrogens with zero attached hydrogens (tertiary/aromatic N) is 5. The number of rotatable bonds is 6.